The normalized spacial score (nSPS) is 16.5. The number of nitrogens with zero attached hydrogens (tertiary/aromatic N) is 2. The molecule has 1 saturated carbocycles. The maximum Gasteiger partial charge on any atom is 0.243 e. The van der Waals surface area contributed by atoms with Gasteiger partial charge in [-0.2, -0.15) is 0 Å². The lowest BCUT2D eigenvalue weighted by molar-refractivity contribution is -0.126. The van der Waals surface area contributed by atoms with E-state index in [0.29, 0.717) is 40.3 Å². The van der Waals surface area contributed by atoms with Crippen molar-refractivity contribution in [1.82, 2.24) is 14.9 Å². The van der Waals surface area contributed by atoms with Crippen molar-refractivity contribution in [2.45, 2.75) is 65.3 Å². The van der Waals surface area contributed by atoms with Gasteiger partial charge in [-0.05, 0) is 67.3 Å². The molecule has 4 rings (SSSR count). The summed E-state index contributed by atoms with van der Waals surface area (Å²) in [7, 11) is 0. The maximum atomic E-state index is 14.4. The first-order valence-corrected chi connectivity index (χ1v) is 13.4. The first-order valence-electron chi connectivity index (χ1n) is 12.6. The average molecular weight is 519 g/mol. The van der Waals surface area contributed by atoms with E-state index in [9.17, 15) is 9.18 Å². The highest BCUT2D eigenvalue weighted by Crippen LogP contribution is 2.39. The fourth-order valence-corrected chi connectivity index (χ4v) is 5.72. The van der Waals surface area contributed by atoms with Crippen molar-refractivity contribution in [2.75, 3.05) is 6.54 Å². The smallest absolute Gasteiger partial charge is 0.243 e. The molecule has 0 aliphatic heterocycles. The van der Waals surface area contributed by atoms with Crippen molar-refractivity contribution in [1.29, 1.82) is 0 Å². The number of hydrogen-bond donors (Lipinski definition) is 1. The van der Waals surface area contributed by atoms with Gasteiger partial charge in [0.05, 0.1) is 16.1 Å². The van der Waals surface area contributed by atoms with E-state index in [-0.39, 0.29) is 16.8 Å². The zero-order valence-electron chi connectivity index (χ0n) is 20.7. The summed E-state index contributed by atoms with van der Waals surface area (Å²) in [6.45, 7) is 7.19. The quantitative estimate of drug-likeness (QED) is 0.328. The van der Waals surface area contributed by atoms with Crippen LogP contribution in [-0.2, 0) is 4.79 Å². The molecule has 1 heterocycles. The fraction of sp³-hybridized carbons (Fsp3) is 0.500. The third kappa shape index (κ3) is 6.00. The van der Waals surface area contributed by atoms with Crippen LogP contribution in [0.4, 0.5) is 4.39 Å². The van der Waals surface area contributed by atoms with E-state index in [1.54, 1.807) is 18.2 Å². The first kappa shape index (κ1) is 26.0. The van der Waals surface area contributed by atoms with Gasteiger partial charge in [0.1, 0.15) is 17.7 Å². The Morgan fingerprint density at radius 3 is 2.46 bits per heavy atom. The Hall–Kier alpha value is -2.11. The third-order valence-electron chi connectivity index (χ3n) is 6.98. The standard InChI is InChI=1S/C28H34Cl2FN3O/c1-17(2)13-18(3)16-32-28(35)26(19-7-5-4-6-8-19)34-25-14-22(30)23(31)15-24(25)33-27(34)20-9-11-21(29)12-10-20/h9-12,14-15,17-19,26H,4-8,13,16H2,1-3H3,(H,32,35)/t18-,26?/m0/s1. The molecule has 3 aromatic rings. The van der Waals surface area contributed by atoms with Gasteiger partial charge in [-0.1, -0.05) is 63.2 Å². The Kier molecular flexibility index (Phi) is 8.38. The van der Waals surface area contributed by atoms with Gasteiger partial charge in [-0.3, -0.25) is 4.79 Å². The molecule has 1 amide bonds. The molecule has 1 aliphatic rings. The highest BCUT2D eigenvalue weighted by Gasteiger charge is 2.34. The van der Waals surface area contributed by atoms with Gasteiger partial charge < -0.3 is 9.88 Å². The molecule has 4 nitrogen and oxygen atoms in total. The largest absolute Gasteiger partial charge is 0.354 e. The highest BCUT2D eigenvalue weighted by atomic mass is 35.5. The molecular formula is C28H34Cl2FN3O. The van der Waals surface area contributed by atoms with Gasteiger partial charge in [0.25, 0.3) is 0 Å². The van der Waals surface area contributed by atoms with Gasteiger partial charge in [0.2, 0.25) is 5.91 Å². The summed E-state index contributed by atoms with van der Waals surface area (Å²) in [5, 5.41) is 3.88. The molecule has 0 spiro atoms. The molecule has 1 aliphatic carbocycles. The van der Waals surface area contributed by atoms with Gasteiger partial charge >= 0.3 is 0 Å². The zero-order valence-corrected chi connectivity index (χ0v) is 22.2. The van der Waals surface area contributed by atoms with E-state index < -0.39 is 11.9 Å². The number of nitrogens with one attached hydrogen (secondary N) is 1. The van der Waals surface area contributed by atoms with Crippen LogP contribution in [0.2, 0.25) is 10.0 Å². The summed E-state index contributed by atoms with van der Waals surface area (Å²) in [5.41, 5.74) is 1.98. The SMILES string of the molecule is CC(C)C[C@H](C)CNC(=O)C(C1CCCCC1)n1c(-c2ccc(Cl)cc2)nc2cc(F)c(Cl)cc21. The number of benzene rings is 2. The maximum absolute atomic E-state index is 14.4. The summed E-state index contributed by atoms with van der Waals surface area (Å²) in [5.74, 6) is 1.21. The van der Waals surface area contributed by atoms with Crippen molar-refractivity contribution in [3.63, 3.8) is 0 Å². The van der Waals surface area contributed by atoms with E-state index in [1.165, 1.54) is 12.5 Å². The molecule has 1 fully saturated rings. The first-order chi connectivity index (χ1) is 16.7. The second kappa shape index (κ2) is 11.3. The predicted octanol–water partition coefficient (Wildman–Crippen LogP) is 8.07. The van der Waals surface area contributed by atoms with Crippen LogP contribution in [0.25, 0.3) is 22.4 Å². The third-order valence-corrected chi connectivity index (χ3v) is 7.52. The molecule has 1 unspecified atom stereocenters. The van der Waals surface area contributed by atoms with Crippen LogP contribution in [0, 0.1) is 23.6 Å². The summed E-state index contributed by atoms with van der Waals surface area (Å²) in [4.78, 5) is 18.7. The van der Waals surface area contributed by atoms with Crippen molar-refractivity contribution in [3.05, 3.63) is 52.3 Å². The zero-order chi connectivity index (χ0) is 25.1. The van der Waals surface area contributed by atoms with E-state index >= 15 is 0 Å². The molecule has 0 saturated heterocycles. The molecule has 188 valence electrons. The van der Waals surface area contributed by atoms with Crippen LogP contribution in [0.15, 0.2) is 36.4 Å². The molecule has 35 heavy (non-hydrogen) atoms. The highest BCUT2D eigenvalue weighted by molar-refractivity contribution is 6.31. The predicted molar refractivity (Wildman–Crippen MR) is 142 cm³/mol. The Morgan fingerprint density at radius 1 is 1.11 bits per heavy atom. The van der Waals surface area contributed by atoms with Gasteiger partial charge in [-0.25, -0.2) is 9.37 Å². The topological polar surface area (TPSA) is 46.9 Å². The Labute approximate surface area is 217 Å². The number of rotatable bonds is 8. The summed E-state index contributed by atoms with van der Waals surface area (Å²) < 4.78 is 16.4. The number of halogens is 3. The van der Waals surface area contributed by atoms with E-state index in [0.717, 1.165) is 37.7 Å². The molecule has 0 radical (unpaired) electrons. The van der Waals surface area contributed by atoms with Crippen LogP contribution in [0.3, 0.4) is 0 Å². The average Bonchev–Trinajstić information content (AvgIpc) is 3.16. The number of imidazole rings is 1. The molecule has 1 N–H and O–H groups in total. The van der Waals surface area contributed by atoms with Gasteiger partial charge in [0, 0.05) is 23.2 Å². The minimum Gasteiger partial charge on any atom is -0.354 e. The number of hydrogen-bond acceptors (Lipinski definition) is 2. The molecule has 2 aromatic carbocycles. The number of amides is 1. The second-order valence-electron chi connectivity index (χ2n) is 10.4. The number of aromatic nitrogens is 2. The van der Waals surface area contributed by atoms with Gasteiger partial charge in [-0.15, -0.1) is 0 Å². The van der Waals surface area contributed by atoms with Crippen LogP contribution in [0.5, 0.6) is 0 Å². The number of carbonyl (C=O) groups excluding carboxylic acids is 1. The van der Waals surface area contributed by atoms with Crippen LogP contribution in [0.1, 0.15) is 65.3 Å². The molecular weight excluding hydrogens is 484 g/mol. The van der Waals surface area contributed by atoms with E-state index in [4.69, 9.17) is 28.2 Å². The number of carbonyl (C=O) groups is 1. The van der Waals surface area contributed by atoms with Crippen molar-refractivity contribution in [2.24, 2.45) is 17.8 Å². The summed E-state index contributed by atoms with van der Waals surface area (Å²) >= 11 is 12.4. The molecule has 0 bridgehead atoms. The molecule has 7 heteroatoms. The van der Waals surface area contributed by atoms with Crippen molar-refractivity contribution < 1.29 is 9.18 Å². The molecule has 1 aromatic heterocycles. The molecule has 2 atom stereocenters. The van der Waals surface area contributed by atoms with Crippen molar-refractivity contribution >= 4 is 40.1 Å². The minimum absolute atomic E-state index is 0.0116. The van der Waals surface area contributed by atoms with Crippen LogP contribution >= 0.6 is 23.2 Å². The van der Waals surface area contributed by atoms with Gasteiger partial charge in [0.15, 0.2) is 0 Å². The Morgan fingerprint density at radius 2 is 1.80 bits per heavy atom. The Bertz CT molecular complexity index is 1170. The van der Waals surface area contributed by atoms with Crippen LogP contribution in [-0.4, -0.2) is 22.0 Å². The minimum atomic E-state index is -0.521. The summed E-state index contributed by atoms with van der Waals surface area (Å²) in [6.07, 6.45) is 6.35. The lowest BCUT2D eigenvalue weighted by atomic mass is 9.83. The summed E-state index contributed by atoms with van der Waals surface area (Å²) in [6, 6.07) is 9.88. The lowest BCUT2D eigenvalue weighted by Gasteiger charge is -2.32. The second-order valence-corrected chi connectivity index (χ2v) is 11.2. The fourth-order valence-electron chi connectivity index (χ4n) is 5.43. The lowest BCUT2D eigenvalue weighted by Crippen LogP contribution is -2.39. The monoisotopic (exact) mass is 517 g/mol. The number of fused-ring (bicyclic) bond motifs is 1. The van der Waals surface area contributed by atoms with E-state index in [1.807, 2.05) is 16.7 Å². The van der Waals surface area contributed by atoms with Crippen LogP contribution < -0.4 is 5.32 Å². The van der Waals surface area contributed by atoms with E-state index in [2.05, 4.69) is 26.1 Å². The van der Waals surface area contributed by atoms with Crippen molar-refractivity contribution in [3.8, 4) is 11.4 Å². The Balaban J connectivity index is 1.82.